The Kier molecular flexibility index (Phi) is 6.47. The van der Waals surface area contributed by atoms with Crippen LogP contribution in [0.1, 0.15) is 24.1 Å². The van der Waals surface area contributed by atoms with Crippen molar-refractivity contribution in [2.45, 2.75) is 19.9 Å². The molecule has 0 aliphatic carbocycles. The van der Waals surface area contributed by atoms with Gasteiger partial charge in [0.1, 0.15) is 5.75 Å². The maximum absolute atomic E-state index is 5.44. The number of rotatable bonds is 6. The van der Waals surface area contributed by atoms with Crippen molar-refractivity contribution in [3.05, 3.63) is 47.5 Å². The predicted molar refractivity (Wildman–Crippen MR) is 105 cm³/mol. The Morgan fingerprint density at radius 3 is 2.20 bits per heavy atom. The van der Waals surface area contributed by atoms with Crippen molar-refractivity contribution >= 4 is 23.0 Å². The van der Waals surface area contributed by atoms with Crippen LogP contribution in [0, 0.1) is 6.92 Å². The number of hydrogen-bond acceptors (Lipinski definition) is 4. The minimum atomic E-state index is -0.00406. The van der Waals surface area contributed by atoms with Gasteiger partial charge in [-0.3, -0.25) is 0 Å². The highest BCUT2D eigenvalue weighted by Gasteiger charge is 2.12. The summed E-state index contributed by atoms with van der Waals surface area (Å²) in [4.78, 5) is 0. The van der Waals surface area contributed by atoms with E-state index in [1.165, 1.54) is 0 Å². The van der Waals surface area contributed by atoms with Crippen LogP contribution in [0.3, 0.4) is 0 Å². The summed E-state index contributed by atoms with van der Waals surface area (Å²) in [5, 5.41) is 6.99. The van der Waals surface area contributed by atoms with E-state index in [0.717, 1.165) is 22.6 Å². The highest BCUT2D eigenvalue weighted by Crippen LogP contribution is 2.30. The first-order chi connectivity index (χ1) is 12.0. The normalized spacial score (nSPS) is 11.4. The zero-order valence-electron chi connectivity index (χ0n) is 15.2. The van der Waals surface area contributed by atoms with Gasteiger partial charge in [-0.2, -0.15) is 0 Å². The second-order valence-electron chi connectivity index (χ2n) is 5.64. The first kappa shape index (κ1) is 18.9. The number of anilines is 1. The summed E-state index contributed by atoms with van der Waals surface area (Å²) in [7, 11) is 4.88. The molecule has 0 heterocycles. The third kappa shape index (κ3) is 4.76. The molecule has 0 spiro atoms. The molecule has 134 valence electrons. The lowest BCUT2D eigenvalue weighted by Crippen LogP contribution is -2.31. The Labute approximate surface area is 154 Å². The molecule has 6 heteroatoms. The molecule has 2 aromatic rings. The van der Waals surface area contributed by atoms with Gasteiger partial charge in [-0.05, 0) is 61.5 Å². The van der Waals surface area contributed by atoms with E-state index in [-0.39, 0.29) is 6.04 Å². The van der Waals surface area contributed by atoms with Gasteiger partial charge in [0.15, 0.2) is 16.6 Å². The summed E-state index contributed by atoms with van der Waals surface area (Å²) in [6.45, 7) is 4.05. The van der Waals surface area contributed by atoms with Crippen molar-refractivity contribution in [3.63, 3.8) is 0 Å². The predicted octanol–water partition coefficient (Wildman–Crippen LogP) is 4.07. The highest BCUT2D eigenvalue weighted by atomic mass is 32.1. The molecule has 0 bridgehead atoms. The highest BCUT2D eigenvalue weighted by molar-refractivity contribution is 7.80. The number of ether oxygens (including phenoxy) is 3. The maximum Gasteiger partial charge on any atom is 0.171 e. The van der Waals surface area contributed by atoms with Crippen LogP contribution in [-0.4, -0.2) is 26.4 Å². The number of thiocarbonyl (C=S) groups is 1. The van der Waals surface area contributed by atoms with Crippen molar-refractivity contribution < 1.29 is 14.2 Å². The minimum Gasteiger partial charge on any atom is -0.495 e. The number of aryl methyl sites for hydroxylation is 1. The lowest BCUT2D eigenvalue weighted by molar-refractivity contribution is 0.354. The van der Waals surface area contributed by atoms with Crippen LogP contribution in [0.25, 0.3) is 0 Å². The van der Waals surface area contributed by atoms with Gasteiger partial charge in [0.2, 0.25) is 0 Å². The number of hydrogen-bond donors (Lipinski definition) is 2. The lowest BCUT2D eigenvalue weighted by atomic mass is 10.1. The van der Waals surface area contributed by atoms with Crippen LogP contribution in [0.15, 0.2) is 36.4 Å². The van der Waals surface area contributed by atoms with Crippen LogP contribution in [0.2, 0.25) is 0 Å². The molecule has 0 fully saturated rings. The van der Waals surface area contributed by atoms with E-state index in [9.17, 15) is 0 Å². The van der Waals surface area contributed by atoms with E-state index in [4.69, 9.17) is 26.4 Å². The third-order valence-corrected chi connectivity index (χ3v) is 4.08. The van der Waals surface area contributed by atoms with E-state index in [2.05, 4.69) is 10.6 Å². The van der Waals surface area contributed by atoms with E-state index in [1.54, 1.807) is 21.3 Å². The molecule has 2 aromatic carbocycles. The zero-order valence-corrected chi connectivity index (χ0v) is 16.0. The van der Waals surface area contributed by atoms with Crippen molar-refractivity contribution in [2.24, 2.45) is 0 Å². The summed E-state index contributed by atoms with van der Waals surface area (Å²) >= 11 is 5.44. The molecule has 5 nitrogen and oxygen atoms in total. The summed E-state index contributed by atoms with van der Waals surface area (Å²) in [6.07, 6.45) is 0. The first-order valence-corrected chi connectivity index (χ1v) is 8.33. The molecule has 0 unspecified atom stereocenters. The largest absolute Gasteiger partial charge is 0.495 e. The van der Waals surface area contributed by atoms with Crippen LogP contribution >= 0.6 is 12.2 Å². The van der Waals surface area contributed by atoms with Crippen molar-refractivity contribution in [1.29, 1.82) is 0 Å². The summed E-state index contributed by atoms with van der Waals surface area (Å²) in [6, 6.07) is 11.7. The molecule has 0 radical (unpaired) electrons. The number of methoxy groups -OCH3 is 3. The van der Waals surface area contributed by atoms with Crippen molar-refractivity contribution in [1.82, 2.24) is 5.32 Å². The first-order valence-electron chi connectivity index (χ1n) is 7.92. The van der Waals surface area contributed by atoms with E-state index >= 15 is 0 Å². The molecule has 0 aliphatic rings. The summed E-state index contributed by atoms with van der Waals surface area (Å²) in [5.41, 5.74) is 3.00. The molecule has 0 aliphatic heterocycles. The molecule has 0 aromatic heterocycles. The Morgan fingerprint density at radius 1 is 0.920 bits per heavy atom. The van der Waals surface area contributed by atoms with Crippen molar-refractivity contribution in [2.75, 3.05) is 26.6 Å². The zero-order chi connectivity index (χ0) is 18.4. The lowest BCUT2D eigenvalue weighted by Gasteiger charge is -2.19. The minimum absolute atomic E-state index is 0.00406. The fourth-order valence-corrected chi connectivity index (χ4v) is 2.77. The molecular formula is C19H24N2O3S. The molecule has 0 saturated heterocycles. The second kappa shape index (κ2) is 8.58. The quantitative estimate of drug-likeness (QED) is 0.758. The monoisotopic (exact) mass is 360 g/mol. The molecule has 0 amide bonds. The van der Waals surface area contributed by atoms with Crippen LogP contribution in [-0.2, 0) is 0 Å². The van der Waals surface area contributed by atoms with Crippen LogP contribution in [0.4, 0.5) is 5.69 Å². The van der Waals surface area contributed by atoms with Gasteiger partial charge in [-0.15, -0.1) is 0 Å². The SMILES string of the molecule is COc1ccc(C)cc1NC(=S)N[C@H](C)c1ccc(OC)c(OC)c1. The average Bonchev–Trinajstić information content (AvgIpc) is 2.61. The van der Waals surface area contributed by atoms with Crippen molar-refractivity contribution in [3.8, 4) is 17.2 Å². The number of benzene rings is 2. The Balaban J connectivity index is 2.09. The van der Waals surface area contributed by atoms with Gasteiger partial charge in [0.05, 0.1) is 33.1 Å². The third-order valence-electron chi connectivity index (χ3n) is 3.86. The Bertz CT molecular complexity index is 749. The molecule has 1 atom stereocenters. The van der Waals surface area contributed by atoms with Gasteiger partial charge < -0.3 is 24.8 Å². The maximum atomic E-state index is 5.44. The van der Waals surface area contributed by atoms with E-state index in [0.29, 0.717) is 16.6 Å². The molecular weight excluding hydrogens is 336 g/mol. The van der Waals surface area contributed by atoms with Crippen LogP contribution < -0.4 is 24.8 Å². The summed E-state index contributed by atoms with van der Waals surface area (Å²) in [5.74, 6) is 2.13. The standard InChI is InChI=1S/C19H24N2O3S/c1-12-6-8-16(22-3)15(10-12)21-19(25)20-13(2)14-7-9-17(23-4)18(11-14)24-5/h6-11,13H,1-5H3,(H2,20,21,25)/t13-/m1/s1. The van der Waals surface area contributed by atoms with Gasteiger partial charge in [0.25, 0.3) is 0 Å². The molecule has 0 saturated carbocycles. The van der Waals surface area contributed by atoms with Gasteiger partial charge in [-0.25, -0.2) is 0 Å². The Morgan fingerprint density at radius 2 is 1.56 bits per heavy atom. The Hall–Kier alpha value is -2.47. The second-order valence-corrected chi connectivity index (χ2v) is 6.05. The fraction of sp³-hybridized carbons (Fsp3) is 0.316. The molecule has 2 N–H and O–H groups in total. The smallest absolute Gasteiger partial charge is 0.171 e. The fourth-order valence-electron chi connectivity index (χ4n) is 2.48. The topological polar surface area (TPSA) is 51.8 Å². The molecule has 25 heavy (non-hydrogen) atoms. The van der Waals surface area contributed by atoms with E-state index < -0.39 is 0 Å². The van der Waals surface area contributed by atoms with E-state index in [1.807, 2.05) is 50.2 Å². The summed E-state index contributed by atoms with van der Waals surface area (Å²) < 4.78 is 16.0. The van der Waals surface area contributed by atoms with Gasteiger partial charge >= 0.3 is 0 Å². The molecule has 2 rings (SSSR count). The van der Waals surface area contributed by atoms with Gasteiger partial charge in [0, 0.05) is 0 Å². The van der Waals surface area contributed by atoms with Gasteiger partial charge in [-0.1, -0.05) is 12.1 Å². The average molecular weight is 360 g/mol. The number of nitrogens with one attached hydrogen (secondary N) is 2. The van der Waals surface area contributed by atoms with Crippen LogP contribution in [0.5, 0.6) is 17.2 Å².